The summed E-state index contributed by atoms with van der Waals surface area (Å²) >= 11 is 0. The summed E-state index contributed by atoms with van der Waals surface area (Å²) in [5.41, 5.74) is 0.645. The first-order chi connectivity index (χ1) is 12.6. The monoisotopic (exact) mass is 358 g/mol. The summed E-state index contributed by atoms with van der Waals surface area (Å²) in [4.78, 5) is 25.6. The van der Waals surface area contributed by atoms with Crippen molar-refractivity contribution in [2.75, 3.05) is 28.1 Å². The van der Waals surface area contributed by atoms with E-state index in [-0.39, 0.29) is 12.4 Å². The van der Waals surface area contributed by atoms with E-state index in [1.807, 2.05) is 0 Å². The van der Waals surface area contributed by atoms with Crippen LogP contribution in [-0.4, -0.2) is 39.9 Å². The van der Waals surface area contributed by atoms with Gasteiger partial charge < -0.3 is 23.7 Å². The molecule has 0 spiro atoms. The van der Waals surface area contributed by atoms with Gasteiger partial charge >= 0.3 is 5.97 Å². The zero-order valence-corrected chi connectivity index (χ0v) is 14.6. The minimum absolute atomic E-state index is 0.0233. The first-order valence-electron chi connectivity index (χ1n) is 7.82. The molecule has 3 rings (SSSR count). The molecule has 26 heavy (non-hydrogen) atoms. The first-order valence-corrected chi connectivity index (χ1v) is 7.82. The predicted molar refractivity (Wildman–Crippen MR) is 91.2 cm³/mol. The molecule has 0 N–H and O–H groups in total. The molecule has 0 aromatic heterocycles. The van der Waals surface area contributed by atoms with Gasteiger partial charge in [-0.3, -0.25) is 9.59 Å². The van der Waals surface area contributed by atoms with Gasteiger partial charge in [-0.05, 0) is 29.8 Å². The minimum atomic E-state index is -1.19. The zero-order chi connectivity index (χ0) is 18.7. The molecule has 1 atom stereocenters. The minimum Gasteiger partial charge on any atom is -0.497 e. The highest BCUT2D eigenvalue weighted by Gasteiger charge is 2.34. The lowest BCUT2D eigenvalue weighted by molar-refractivity contribution is -0.141. The van der Waals surface area contributed by atoms with Gasteiger partial charge in [0, 0.05) is 6.07 Å². The summed E-state index contributed by atoms with van der Waals surface area (Å²) in [5, 5.41) is 0. The van der Waals surface area contributed by atoms with E-state index >= 15 is 0 Å². The fourth-order valence-corrected chi connectivity index (χ4v) is 2.79. The van der Waals surface area contributed by atoms with Gasteiger partial charge in [-0.15, -0.1) is 0 Å². The topological polar surface area (TPSA) is 80.3 Å². The maximum absolute atomic E-state index is 13.2. The van der Waals surface area contributed by atoms with Crippen LogP contribution in [-0.2, 0) is 9.53 Å². The van der Waals surface area contributed by atoms with Crippen molar-refractivity contribution in [2.24, 2.45) is 0 Å². The van der Waals surface area contributed by atoms with Crippen LogP contribution in [0.3, 0.4) is 0 Å². The molecule has 7 nitrogen and oxygen atoms in total. The lowest BCUT2D eigenvalue weighted by Crippen LogP contribution is -2.24. The van der Waals surface area contributed by atoms with E-state index in [1.165, 1.54) is 21.3 Å². The second-order valence-corrected chi connectivity index (χ2v) is 5.51. The predicted octanol–water partition coefficient (Wildman–Crippen LogP) is 2.57. The third-order valence-electron chi connectivity index (χ3n) is 4.07. The molecule has 136 valence electrons. The Morgan fingerprint density at radius 1 is 1.00 bits per heavy atom. The number of hydrogen-bond donors (Lipinski definition) is 0. The van der Waals surface area contributed by atoms with Crippen LogP contribution in [0, 0.1) is 0 Å². The van der Waals surface area contributed by atoms with Gasteiger partial charge in [-0.25, -0.2) is 0 Å². The number of methoxy groups -OCH3 is 3. The average molecular weight is 358 g/mol. The number of benzene rings is 2. The smallest absolute Gasteiger partial charge is 0.321 e. The Morgan fingerprint density at radius 3 is 2.31 bits per heavy atom. The summed E-state index contributed by atoms with van der Waals surface area (Å²) in [5.74, 6) is -0.655. The van der Waals surface area contributed by atoms with Crippen LogP contribution >= 0.6 is 0 Å². The number of esters is 1. The number of rotatable bonds is 6. The highest BCUT2D eigenvalue weighted by Crippen LogP contribution is 2.39. The Kier molecular flexibility index (Phi) is 4.97. The standard InChI is InChI=1S/C19H18O7/c1-22-12-7-11(8-13(9-12)23-2)16(19(21)24-3)17(20)14-5-4-6-15-18(14)26-10-25-15/h4-9,16H,10H2,1-3H3. The molecule has 2 aromatic rings. The number of ether oxygens (including phenoxy) is 5. The van der Waals surface area contributed by atoms with Crippen molar-refractivity contribution in [3.8, 4) is 23.0 Å². The summed E-state index contributed by atoms with van der Waals surface area (Å²) in [7, 11) is 4.21. The highest BCUT2D eigenvalue weighted by molar-refractivity contribution is 6.14. The van der Waals surface area contributed by atoms with Crippen LogP contribution in [0.2, 0.25) is 0 Å². The largest absolute Gasteiger partial charge is 0.497 e. The molecule has 1 aliphatic rings. The summed E-state index contributed by atoms with van der Waals surface area (Å²) in [6.07, 6.45) is 0. The maximum Gasteiger partial charge on any atom is 0.321 e. The van der Waals surface area contributed by atoms with E-state index in [0.717, 1.165) is 0 Å². The molecule has 0 fully saturated rings. The van der Waals surface area contributed by atoms with Gasteiger partial charge in [0.05, 0.1) is 26.9 Å². The van der Waals surface area contributed by atoms with E-state index in [1.54, 1.807) is 36.4 Å². The normalized spacial score (nSPS) is 13.0. The molecular weight excluding hydrogens is 340 g/mol. The van der Waals surface area contributed by atoms with Crippen molar-refractivity contribution in [3.05, 3.63) is 47.5 Å². The van der Waals surface area contributed by atoms with Gasteiger partial charge in [0.1, 0.15) is 17.4 Å². The van der Waals surface area contributed by atoms with E-state index in [0.29, 0.717) is 28.6 Å². The zero-order valence-electron chi connectivity index (χ0n) is 14.6. The highest BCUT2D eigenvalue weighted by atomic mass is 16.7. The van der Waals surface area contributed by atoms with Crippen LogP contribution < -0.4 is 18.9 Å². The molecule has 0 bridgehead atoms. The number of carbonyl (C=O) groups is 2. The molecule has 2 aromatic carbocycles. The van der Waals surface area contributed by atoms with Crippen LogP contribution in [0.1, 0.15) is 21.8 Å². The molecule has 1 heterocycles. The molecule has 0 aliphatic carbocycles. The van der Waals surface area contributed by atoms with Gasteiger partial charge in [-0.1, -0.05) is 6.07 Å². The Labute approximate surface area is 150 Å². The van der Waals surface area contributed by atoms with Crippen LogP contribution in [0.4, 0.5) is 0 Å². The Bertz CT molecular complexity index is 822. The van der Waals surface area contributed by atoms with Crippen molar-refractivity contribution in [1.82, 2.24) is 0 Å². The third kappa shape index (κ3) is 3.15. The van der Waals surface area contributed by atoms with Crippen molar-refractivity contribution < 1.29 is 33.3 Å². The lowest BCUT2D eigenvalue weighted by atomic mass is 9.89. The molecule has 0 amide bonds. The number of ketones is 1. The number of fused-ring (bicyclic) bond motifs is 1. The molecule has 1 aliphatic heterocycles. The van der Waals surface area contributed by atoms with Crippen molar-refractivity contribution in [3.63, 3.8) is 0 Å². The van der Waals surface area contributed by atoms with E-state index in [2.05, 4.69) is 0 Å². The van der Waals surface area contributed by atoms with Gasteiger partial charge in [0.15, 0.2) is 17.3 Å². The molecule has 7 heteroatoms. The van der Waals surface area contributed by atoms with E-state index < -0.39 is 17.7 Å². The molecule has 0 radical (unpaired) electrons. The number of carbonyl (C=O) groups excluding carboxylic acids is 2. The summed E-state index contributed by atoms with van der Waals surface area (Å²) < 4.78 is 26.0. The van der Waals surface area contributed by atoms with Gasteiger partial charge in [0.25, 0.3) is 0 Å². The maximum atomic E-state index is 13.2. The van der Waals surface area contributed by atoms with Crippen molar-refractivity contribution in [1.29, 1.82) is 0 Å². The van der Waals surface area contributed by atoms with Crippen molar-refractivity contribution in [2.45, 2.75) is 5.92 Å². The Balaban J connectivity index is 2.09. The first kappa shape index (κ1) is 17.6. The Morgan fingerprint density at radius 2 is 1.69 bits per heavy atom. The van der Waals surface area contributed by atoms with E-state index in [9.17, 15) is 9.59 Å². The van der Waals surface area contributed by atoms with Crippen LogP contribution in [0.5, 0.6) is 23.0 Å². The van der Waals surface area contributed by atoms with Gasteiger partial charge in [-0.2, -0.15) is 0 Å². The van der Waals surface area contributed by atoms with Crippen LogP contribution in [0.25, 0.3) is 0 Å². The number of Topliss-reactive ketones (excluding diaryl/α,β-unsaturated/α-hetero) is 1. The lowest BCUT2D eigenvalue weighted by Gasteiger charge is -2.17. The second-order valence-electron chi connectivity index (χ2n) is 5.51. The molecule has 0 saturated heterocycles. The summed E-state index contributed by atoms with van der Waals surface area (Å²) in [6.45, 7) is 0.0233. The summed E-state index contributed by atoms with van der Waals surface area (Å²) in [6, 6.07) is 9.80. The van der Waals surface area contributed by atoms with Crippen LogP contribution in [0.15, 0.2) is 36.4 Å². The number of hydrogen-bond acceptors (Lipinski definition) is 7. The molecular formula is C19H18O7. The third-order valence-corrected chi connectivity index (χ3v) is 4.07. The van der Waals surface area contributed by atoms with Gasteiger partial charge in [0.2, 0.25) is 6.79 Å². The second kappa shape index (κ2) is 7.35. The number of para-hydroxylation sites is 1. The van der Waals surface area contributed by atoms with Crippen molar-refractivity contribution >= 4 is 11.8 Å². The quantitative estimate of drug-likeness (QED) is 0.446. The Hall–Kier alpha value is -3.22. The molecule has 0 saturated carbocycles. The average Bonchev–Trinajstić information content (AvgIpc) is 3.16. The molecule has 1 unspecified atom stereocenters. The fourth-order valence-electron chi connectivity index (χ4n) is 2.79. The van der Waals surface area contributed by atoms with E-state index in [4.69, 9.17) is 23.7 Å². The SMILES string of the molecule is COC(=O)C(C(=O)c1cccc2c1OCO2)c1cc(OC)cc(OC)c1. The fraction of sp³-hybridized carbons (Fsp3) is 0.263.